The molecule has 0 aliphatic heterocycles. The number of nitrogens with zero attached hydrogens (tertiary/aromatic N) is 4. The first-order valence-electron chi connectivity index (χ1n) is 9.55. The van der Waals surface area contributed by atoms with Gasteiger partial charge in [0.2, 0.25) is 0 Å². The van der Waals surface area contributed by atoms with Crippen LogP contribution in [-0.4, -0.2) is 53.5 Å². The first-order valence-corrected chi connectivity index (χ1v) is 11.7. The highest BCUT2D eigenvalue weighted by Crippen LogP contribution is 2.48. The third kappa shape index (κ3) is 4.95. The Labute approximate surface area is 175 Å². The third-order valence-electron chi connectivity index (χ3n) is 4.51. The first kappa shape index (κ1) is 22.1. The highest BCUT2D eigenvalue weighted by molar-refractivity contribution is 7.53. The van der Waals surface area contributed by atoms with Gasteiger partial charge >= 0.3 is 7.60 Å². The van der Waals surface area contributed by atoms with Gasteiger partial charge in [-0.25, -0.2) is 9.97 Å². The van der Waals surface area contributed by atoms with Gasteiger partial charge < -0.3 is 18.4 Å². The number of aryl methyl sites for hydroxylation is 1. The summed E-state index contributed by atoms with van der Waals surface area (Å²) < 4.78 is 31.1. The molecule has 29 heavy (non-hydrogen) atoms. The van der Waals surface area contributed by atoms with Crippen molar-refractivity contribution in [3.05, 3.63) is 34.9 Å². The second kappa shape index (κ2) is 9.49. The number of halogens is 1. The van der Waals surface area contributed by atoms with Crippen molar-refractivity contribution in [3.63, 3.8) is 0 Å². The van der Waals surface area contributed by atoms with Crippen molar-refractivity contribution >= 4 is 36.4 Å². The normalized spacial score (nSPS) is 19.8. The minimum absolute atomic E-state index is 0.0189. The summed E-state index contributed by atoms with van der Waals surface area (Å²) in [5.41, 5.74) is 1.62. The first-order chi connectivity index (χ1) is 13.9. The molecule has 8 nitrogen and oxygen atoms in total. The standard InChI is InChI=1S/C19H26ClN4O4P/c1-5-27-29(25,28-6-2)12-26-16-8-7-15(9-16)24-11-14(10-21-4)17-18(20)22-13(3)23-19(17)24/h7-8,10-11,15-16H,5-6,9,12H2,1-4H3/t15-,16+/m0/s1. The van der Waals surface area contributed by atoms with Crippen molar-refractivity contribution in [1.29, 1.82) is 0 Å². The minimum Gasteiger partial charge on any atom is -0.361 e. The summed E-state index contributed by atoms with van der Waals surface area (Å²) in [6, 6.07) is 0.0189. The van der Waals surface area contributed by atoms with E-state index >= 15 is 0 Å². The van der Waals surface area contributed by atoms with Crippen LogP contribution in [0, 0.1) is 6.92 Å². The zero-order chi connectivity index (χ0) is 21.0. The zero-order valence-corrected chi connectivity index (χ0v) is 18.7. The molecule has 0 radical (unpaired) electrons. The van der Waals surface area contributed by atoms with Crippen molar-refractivity contribution in [3.8, 4) is 0 Å². The molecule has 2 aromatic rings. The minimum atomic E-state index is -3.24. The number of fused-ring (bicyclic) bond motifs is 1. The molecule has 2 atom stereocenters. The maximum atomic E-state index is 12.6. The van der Waals surface area contributed by atoms with Crippen molar-refractivity contribution < 1.29 is 18.3 Å². The van der Waals surface area contributed by atoms with E-state index in [1.165, 1.54) is 0 Å². The summed E-state index contributed by atoms with van der Waals surface area (Å²) in [4.78, 5) is 13.0. The fourth-order valence-electron chi connectivity index (χ4n) is 3.39. The molecule has 0 spiro atoms. The monoisotopic (exact) mass is 440 g/mol. The van der Waals surface area contributed by atoms with Gasteiger partial charge in [-0.05, 0) is 20.8 Å². The molecule has 1 aliphatic carbocycles. The van der Waals surface area contributed by atoms with Crippen LogP contribution in [0.5, 0.6) is 0 Å². The number of allylic oxidation sites excluding steroid dienone is 1. The number of aromatic nitrogens is 3. The molecule has 1 aliphatic rings. The Morgan fingerprint density at radius 2 is 2.03 bits per heavy atom. The Morgan fingerprint density at radius 1 is 1.31 bits per heavy atom. The fraction of sp³-hybridized carbons (Fsp3) is 0.526. The maximum Gasteiger partial charge on any atom is 0.356 e. The van der Waals surface area contributed by atoms with E-state index in [0.29, 0.717) is 30.6 Å². The summed E-state index contributed by atoms with van der Waals surface area (Å²) in [7, 11) is -1.53. The molecule has 3 rings (SSSR count). The number of aliphatic imine (C=N–C) groups is 1. The van der Waals surface area contributed by atoms with Crippen molar-refractivity contribution in [2.75, 3.05) is 26.6 Å². The van der Waals surface area contributed by atoms with Crippen LogP contribution in [-0.2, 0) is 18.3 Å². The predicted molar refractivity (Wildman–Crippen MR) is 114 cm³/mol. The van der Waals surface area contributed by atoms with Gasteiger partial charge in [-0.3, -0.25) is 9.56 Å². The molecular weight excluding hydrogens is 415 g/mol. The largest absolute Gasteiger partial charge is 0.361 e. The third-order valence-corrected chi connectivity index (χ3v) is 6.56. The van der Waals surface area contributed by atoms with Crippen LogP contribution < -0.4 is 0 Å². The van der Waals surface area contributed by atoms with Crippen molar-refractivity contribution in [2.24, 2.45) is 4.99 Å². The Bertz CT molecular complexity index is 965. The molecule has 158 valence electrons. The summed E-state index contributed by atoms with van der Waals surface area (Å²) in [6.45, 7) is 5.98. The zero-order valence-electron chi connectivity index (χ0n) is 17.0. The molecule has 0 saturated heterocycles. The molecule has 0 N–H and O–H groups in total. The number of hydrogen-bond acceptors (Lipinski definition) is 7. The number of hydrogen-bond donors (Lipinski definition) is 0. The van der Waals surface area contributed by atoms with E-state index in [-0.39, 0.29) is 18.5 Å². The fourth-order valence-corrected chi connectivity index (χ4v) is 5.09. The highest BCUT2D eigenvalue weighted by atomic mass is 35.5. The van der Waals surface area contributed by atoms with Gasteiger partial charge in [0.15, 0.2) is 0 Å². The van der Waals surface area contributed by atoms with E-state index in [1.807, 2.05) is 19.2 Å². The predicted octanol–water partition coefficient (Wildman–Crippen LogP) is 4.55. The summed E-state index contributed by atoms with van der Waals surface area (Å²) in [5.74, 6) is 0.603. The van der Waals surface area contributed by atoms with Gasteiger partial charge in [0.1, 0.15) is 23.0 Å². The SMILES string of the molecule is CCOP(=O)(CO[C@@H]1C=C[C@H](n2cc(C=NC)c3c(Cl)nc(C)nc32)C1)OCC. The van der Waals surface area contributed by atoms with E-state index < -0.39 is 7.60 Å². The smallest absolute Gasteiger partial charge is 0.356 e. The van der Waals surface area contributed by atoms with Crippen LogP contribution >= 0.6 is 19.2 Å². The van der Waals surface area contributed by atoms with Crippen LogP contribution in [0.15, 0.2) is 23.3 Å². The molecule has 0 bridgehead atoms. The lowest BCUT2D eigenvalue weighted by molar-refractivity contribution is 0.0898. The van der Waals surface area contributed by atoms with E-state index in [4.69, 9.17) is 25.4 Å². The van der Waals surface area contributed by atoms with Crippen LogP contribution in [0.3, 0.4) is 0 Å². The average molecular weight is 441 g/mol. The van der Waals surface area contributed by atoms with E-state index in [1.54, 1.807) is 27.1 Å². The Hall–Kier alpha value is -1.57. The highest BCUT2D eigenvalue weighted by Gasteiger charge is 2.29. The second-order valence-electron chi connectivity index (χ2n) is 6.61. The van der Waals surface area contributed by atoms with Crippen molar-refractivity contribution in [1.82, 2.24) is 14.5 Å². The molecule has 0 saturated carbocycles. The van der Waals surface area contributed by atoms with E-state index in [0.717, 1.165) is 16.6 Å². The molecule has 2 aromatic heterocycles. The number of rotatable bonds is 9. The molecular formula is C19H26ClN4O4P. The van der Waals surface area contributed by atoms with Crippen LogP contribution in [0.1, 0.15) is 37.7 Å². The van der Waals surface area contributed by atoms with Gasteiger partial charge in [-0.2, -0.15) is 0 Å². The van der Waals surface area contributed by atoms with Crippen molar-refractivity contribution in [2.45, 2.75) is 39.3 Å². The van der Waals surface area contributed by atoms with Gasteiger partial charge in [0.05, 0.1) is 30.7 Å². The topological polar surface area (TPSA) is 87.8 Å². The van der Waals surface area contributed by atoms with Crippen LogP contribution in [0.4, 0.5) is 0 Å². The summed E-state index contributed by atoms with van der Waals surface area (Å²) in [5, 5.41) is 1.18. The molecule has 0 amide bonds. The van der Waals surface area contributed by atoms with Gasteiger partial charge in [-0.15, -0.1) is 0 Å². The molecule has 0 fully saturated rings. The Kier molecular flexibility index (Phi) is 7.24. The van der Waals surface area contributed by atoms with Gasteiger partial charge in [-0.1, -0.05) is 23.8 Å². The van der Waals surface area contributed by atoms with Gasteiger partial charge in [0, 0.05) is 31.4 Å². The maximum absolute atomic E-state index is 12.6. The van der Waals surface area contributed by atoms with E-state index in [9.17, 15) is 4.57 Å². The Balaban J connectivity index is 1.79. The lowest BCUT2D eigenvalue weighted by Gasteiger charge is -2.20. The Morgan fingerprint density at radius 3 is 2.69 bits per heavy atom. The van der Waals surface area contributed by atoms with Crippen LogP contribution in [0.25, 0.3) is 11.0 Å². The molecule has 0 aromatic carbocycles. The second-order valence-corrected chi connectivity index (χ2v) is 8.96. The van der Waals surface area contributed by atoms with Crippen LogP contribution in [0.2, 0.25) is 5.15 Å². The lowest BCUT2D eigenvalue weighted by atomic mass is 10.2. The number of ether oxygens (including phenoxy) is 1. The van der Waals surface area contributed by atoms with E-state index in [2.05, 4.69) is 25.6 Å². The molecule has 10 heteroatoms. The molecule has 0 unspecified atom stereocenters. The molecule has 2 heterocycles. The quantitative estimate of drug-likeness (QED) is 0.246. The van der Waals surface area contributed by atoms with Gasteiger partial charge in [0.25, 0.3) is 0 Å². The lowest BCUT2D eigenvalue weighted by Crippen LogP contribution is -2.14. The summed E-state index contributed by atoms with van der Waals surface area (Å²) in [6.07, 6.45) is 8.12. The summed E-state index contributed by atoms with van der Waals surface area (Å²) >= 11 is 6.38. The average Bonchev–Trinajstić information content (AvgIpc) is 3.26.